The molecule has 0 saturated carbocycles. The summed E-state index contributed by atoms with van der Waals surface area (Å²) in [5.74, 6) is -0.436. The van der Waals surface area contributed by atoms with Crippen LogP contribution in [0.25, 0.3) is 0 Å². The molecule has 2 rings (SSSR count). The molecule has 1 amide bonds. The number of rotatable bonds is 2. The van der Waals surface area contributed by atoms with Crippen LogP contribution in [-0.4, -0.2) is 19.0 Å². The van der Waals surface area contributed by atoms with Crippen LogP contribution in [0.1, 0.15) is 6.42 Å². The van der Waals surface area contributed by atoms with Gasteiger partial charge in [-0.15, -0.1) is 0 Å². The molecule has 1 aliphatic heterocycles. The summed E-state index contributed by atoms with van der Waals surface area (Å²) < 4.78 is 13.7. The van der Waals surface area contributed by atoms with E-state index in [2.05, 4.69) is 26.6 Å². The molecule has 0 bridgehead atoms. The minimum Gasteiger partial charge on any atom is -0.325 e. The average molecular weight is 287 g/mol. The summed E-state index contributed by atoms with van der Waals surface area (Å²) in [6, 6.07) is 4.24. The Morgan fingerprint density at radius 2 is 2.38 bits per heavy atom. The fourth-order valence-electron chi connectivity index (χ4n) is 1.71. The van der Waals surface area contributed by atoms with Crippen LogP contribution >= 0.6 is 15.9 Å². The van der Waals surface area contributed by atoms with E-state index in [1.54, 1.807) is 6.07 Å². The van der Waals surface area contributed by atoms with Crippen LogP contribution in [0.4, 0.5) is 10.1 Å². The van der Waals surface area contributed by atoms with E-state index in [1.165, 1.54) is 12.1 Å². The van der Waals surface area contributed by atoms with E-state index in [0.717, 1.165) is 13.0 Å². The molecule has 1 heterocycles. The number of carbonyl (C=O) groups excluding carboxylic acids is 1. The summed E-state index contributed by atoms with van der Waals surface area (Å²) in [5, 5.41) is 5.85. The number of hydrogen-bond donors (Lipinski definition) is 2. The second-order valence-electron chi connectivity index (χ2n) is 3.80. The molecule has 0 radical (unpaired) electrons. The van der Waals surface area contributed by atoms with Gasteiger partial charge < -0.3 is 10.6 Å². The summed E-state index contributed by atoms with van der Waals surface area (Å²) in [6.07, 6.45) is 0.832. The van der Waals surface area contributed by atoms with Crippen molar-refractivity contribution < 1.29 is 9.18 Å². The molecule has 1 fully saturated rings. The van der Waals surface area contributed by atoms with Gasteiger partial charge in [0.25, 0.3) is 0 Å². The normalized spacial score (nSPS) is 19.8. The van der Waals surface area contributed by atoms with E-state index in [-0.39, 0.29) is 17.6 Å². The molecule has 1 aromatic carbocycles. The highest BCUT2D eigenvalue weighted by Crippen LogP contribution is 2.24. The van der Waals surface area contributed by atoms with Crippen LogP contribution in [0, 0.1) is 11.7 Å². The van der Waals surface area contributed by atoms with Crippen LogP contribution < -0.4 is 10.6 Å². The Bertz CT molecular complexity index is 405. The lowest BCUT2D eigenvalue weighted by Gasteiger charge is -2.11. The van der Waals surface area contributed by atoms with Crippen molar-refractivity contribution in [2.45, 2.75) is 6.42 Å². The van der Waals surface area contributed by atoms with Gasteiger partial charge >= 0.3 is 0 Å². The van der Waals surface area contributed by atoms with Crippen LogP contribution in [0.15, 0.2) is 22.7 Å². The second kappa shape index (κ2) is 4.93. The summed E-state index contributed by atoms with van der Waals surface area (Å²) in [5.41, 5.74) is 0.483. The first-order valence-corrected chi connectivity index (χ1v) is 5.93. The first kappa shape index (κ1) is 11.5. The topological polar surface area (TPSA) is 41.1 Å². The monoisotopic (exact) mass is 286 g/mol. The Labute approximate surface area is 102 Å². The largest absolute Gasteiger partial charge is 0.325 e. The van der Waals surface area contributed by atoms with Crippen molar-refractivity contribution in [3.63, 3.8) is 0 Å². The van der Waals surface area contributed by atoms with Crippen molar-refractivity contribution in [1.29, 1.82) is 0 Å². The molecule has 16 heavy (non-hydrogen) atoms. The van der Waals surface area contributed by atoms with Crippen LogP contribution in [0.2, 0.25) is 0 Å². The van der Waals surface area contributed by atoms with Crippen molar-refractivity contribution in [2.75, 3.05) is 18.4 Å². The minimum absolute atomic E-state index is 0.0184. The first-order valence-electron chi connectivity index (χ1n) is 5.13. The van der Waals surface area contributed by atoms with Gasteiger partial charge in [0.1, 0.15) is 5.82 Å². The maximum Gasteiger partial charge on any atom is 0.228 e. The SMILES string of the molecule is O=C(Nc1cc(F)ccc1Br)C1CCNC1. The zero-order valence-electron chi connectivity index (χ0n) is 8.59. The Kier molecular flexibility index (Phi) is 3.56. The van der Waals surface area contributed by atoms with Crippen molar-refractivity contribution >= 4 is 27.5 Å². The zero-order chi connectivity index (χ0) is 11.5. The van der Waals surface area contributed by atoms with E-state index in [4.69, 9.17) is 0 Å². The summed E-state index contributed by atoms with van der Waals surface area (Å²) in [7, 11) is 0. The molecule has 1 saturated heterocycles. The van der Waals surface area contributed by atoms with E-state index < -0.39 is 0 Å². The Morgan fingerprint density at radius 1 is 1.56 bits per heavy atom. The Morgan fingerprint density at radius 3 is 3.06 bits per heavy atom. The molecule has 3 nitrogen and oxygen atoms in total. The molecule has 0 aliphatic carbocycles. The third-order valence-electron chi connectivity index (χ3n) is 2.62. The molecule has 1 unspecified atom stereocenters. The lowest BCUT2D eigenvalue weighted by atomic mass is 10.1. The predicted molar refractivity (Wildman–Crippen MR) is 63.7 cm³/mol. The summed E-state index contributed by atoms with van der Waals surface area (Å²) >= 11 is 3.27. The number of carbonyl (C=O) groups is 1. The van der Waals surface area contributed by atoms with Gasteiger partial charge in [-0.3, -0.25) is 4.79 Å². The Hall–Kier alpha value is -0.940. The fourth-order valence-corrected chi connectivity index (χ4v) is 2.05. The number of anilines is 1. The van der Waals surface area contributed by atoms with Crippen molar-refractivity contribution in [3.8, 4) is 0 Å². The number of halogens is 2. The number of amides is 1. The highest BCUT2D eigenvalue weighted by molar-refractivity contribution is 9.10. The molecule has 0 spiro atoms. The number of hydrogen-bond acceptors (Lipinski definition) is 2. The van der Waals surface area contributed by atoms with Gasteiger partial charge in [-0.2, -0.15) is 0 Å². The van der Waals surface area contributed by atoms with Crippen LogP contribution in [-0.2, 0) is 4.79 Å². The molecular weight excluding hydrogens is 275 g/mol. The van der Waals surface area contributed by atoms with Gasteiger partial charge in [-0.25, -0.2) is 4.39 Å². The molecule has 5 heteroatoms. The number of nitrogens with one attached hydrogen (secondary N) is 2. The highest BCUT2D eigenvalue weighted by Gasteiger charge is 2.22. The summed E-state index contributed by atoms with van der Waals surface area (Å²) in [4.78, 5) is 11.8. The van der Waals surface area contributed by atoms with Gasteiger partial charge in [0.05, 0.1) is 11.6 Å². The molecule has 1 aliphatic rings. The molecular formula is C11H12BrFN2O. The minimum atomic E-state index is -0.358. The molecule has 1 aromatic rings. The fraction of sp³-hybridized carbons (Fsp3) is 0.364. The van der Waals surface area contributed by atoms with E-state index >= 15 is 0 Å². The quantitative estimate of drug-likeness (QED) is 0.875. The van der Waals surface area contributed by atoms with Crippen molar-refractivity contribution in [2.24, 2.45) is 5.92 Å². The van der Waals surface area contributed by atoms with Crippen LogP contribution in [0.5, 0.6) is 0 Å². The Balaban J connectivity index is 2.07. The maximum atomic E-state index is 13.0. The predicted octanol–water partition coefficient (Wildman–Crippen LogP) is 2.14. The van der Waals surface area contributed by atoms with Crippen molar-refractivity contribution in [3.05, 3.63) is 28.5 Å². The smallest absolute Gasteiger partial charge is 0.228 e. The van der Waals surface area contributed by atoms with E-state index in [0.29, 0.717) is 16.7 Å². The van der Waals surface area contributed by atoms with E-state index in [9.17, 15) is 9.18 Å². The second-order valence-corrected chi connectivity index (χ2v) is 4.66. The third-order valence-corrected chi connectivity index (χ3v) is 3.31. The maximum absolute atomic E-state index is 13.0. The average Bonchev–Trinajstić information content (AvgIpc) is 2.76. The van der Waals surface area contributed by atoms with Crippen LogP contribution in [0.3, 0.4) is 0 Å². The van der Waals surface area contributed by atoms with Gasteiger partial charge in [0.2, 0.25) is 5.91 Å². The molecule has 86 valence electrons. The standard InChI is InChI=1S/C11H12BrFN2O/c12-9-2-1-8(13)5-10(9)15-11(16)7-3-4-14-6-7/h1-2,5,7,14H,3-4,6H2,(H,15,16). The van der Waals surface area contributed by atoms with Gasteiger partial charge in [0.15, 0.2) is 0 Å². The summed E-state index contributed by atoms with van der Waals surface area (Å²) in [6.45, 7) is 1.56. The highest BCUT2D eigenvalue weighted by atomic mass is 79.9. The lowest BCUT2D eigenvalue weighted by Crippen LogP contribution is -2.24. The zero-order valence-corrected chi connectivity index (χ0v) is 10.2. The van der Waals surface area contributed by atoms with Gasteiger partial charge in [-0.05, 0) is 47.1 Å². The van der Waals surface area contributed by atoms with E-state index in [1.807, 2.05) is 0 Å². The molecule has 1 atom stereocenters. The van der Waals surface area contributed by atoms with Gasteiger partial charge in [0, 0.05) is 11.0 Å². The third kappa shape index (κ3) is 2.59. The van der Waals surface area contributed by atoms with Crippen molar-refractivity contribution in [1.82, 2.24) is 5.32 Å². The number of benzene rings is 1. The lowest BCUT2D eigenvalue weighted by molar-refractivity contribution is -0.119. The first-order chi connectivity index (χ1) is 7.66. The van der Waals surface area contributed by atoms with Gasteiger partial charge in [-0.1, -0.05) is 0 Å². The molecule has 0 aromatic heterocycles. The molecule has 2 N–H and O–H groups in total.